The van der Waals surface area contributed by atoms with Crippen LogP contribution in [0.4, 0.5) is 26.3 Å². The van der Waals surface area contributed by atoms with Crippen molar-refractivity contribution in [3.8, 4) is 11.5 Å². The van der Waals surface area contributed by atoms with Crippen molar-refractivity contribution in [1.82, 2.24) is 0 Å². The normalized spacial score (nSPS) is 19.3. The average molecular weight is 472 g/mol. The van der Waals surface area contributed by atoms with Crippen LogP contribution < -0.4 is 9.47 Å². The minimum atomic E-state index is -4.05. The second-order valence-electron chi connectivity index (χ2n) is 8.24. The predicted octanol–water partition coefficient (Wildman–Crippen LogP) is 8.32. The van der Waals surface area contributed by atoms with Gasteiger partial charge < -0.3 is 9.47 Å². The van der Waals surface area contributed by atoms with Gasteiger partial charge in [-0.25, -0.2) is 17.6 Å². The maximum absolute atomic E-state index is 14.6. The molecular formula is C25H26F6O2. The average Bonchev–Trinajstić information content (AvgIpc) is 2.75. The van der Waals surface area contributed by atoms with Crippen molar-refractivity contribution in [2.45, 2.75) is 63.9 Å². The minimum absolute atomic E-state index is 0.136. The fraction of sp³-hybridized carbons (Fsp3) is 0.440. The molecule has 8 heteroatoms. The van der Waals surface area contributed by atoms with Gasteiger partial charge in [0, 0.05) is 12.1 Å². The lowest BCUT2D eigenvalue weighted by Crippen LogP contribution is -2.24. The van der Waals surface area contributed by atoms with E-state index in [1.54, 1.807) is 0 Å². The minimum Gasteiger partial charge on any atom is -0.462 e. The molecule has 180 valence electrons. The lowest BCUT2D eigenvalue weighted by molar-refractivity contribution is -0.187. The summed E-state index contributed by atoms with van der Waals surface area (Å²) in [4.78, 5) is 0. The number of halogens is 6. The smallest absolute Gasteiger partial charge is 0.429 e. The van der Waals surface area contributed by atoms with Gasteiger partial charge in [-0.1, -0.05) is 25.8 Å². The molecule has 1 saturated carbocycles. The largest absolute Gasteiger partial charge is 0.462 e. The Bertz CT molecular complexity index is 952. The number of rotatable bonds is 9. The maximum Gasteiger partial charge on any atom is 0.429 e. The molecule has 1 fully saturated rings. The van der Waals surface area contributed by atoms with Gasteiger partial charge in [-0.2, -0.15) is 8.78 Å². The molecule has 0 saturated heterocycles. The van der Waals surface area contributed by atoms with Crippen LogP contribution in [-0.4, -0.2) is 6.43 Å². The Morgan fingerprint density at radius 2 is 1.73 bits per heavy atom. The second kappa shape index (κ2) is 11.0. The Labute approximate surface area is 189 Å². The summed E-state index contributed by atoms with van der Waals surface area (Å²) in [5.74, 6) is -2.41. The third-order valence-electron chi connectivity index (χ3n) is 5.89. The molecule has 2 aromatic rings. The third-order valence-corrected chi connectivity index (χ3v) is 5.89. The molecule has 0 radical (unpaired) electrons. The summed E-state index contributed by atoms with van der Waals surface area (Å²) in [6.45, 7) is 2.15. The van der Waals surface area contributed by atoms with E-state index in [2.05, 4.69) is 16.4 Å². The Morgan fingerprint density at radius 3 is 2.33 bits per heavy atom. The molecule has 0 unspecified atom stereocenters. The number of benzene rings is 2. The van der Waals surface area contributed by atoms with E-state index < -0.39 is 41.2 Å². The standard InChI is InChI=1S/C25H26F6O2/c1-2-3-16-4-6-17(7-5-16)18-8-10-20(21(26)14-18)25(30,31)33-19-9-11-23(22(27)15-19)32-13-12-24(28)29/h8-17,24H,2-7H2,1H3. The molecule has 0 heterocycles. The highest BCUT2D eigenvalue weighted by atomic mass is 19.3. The van der Waals surface area contributed by atoms with Crippen molar-refractivity contribution < 1.29 is 35.8 Å². The van der Waals surface area contributed by atoms with Gasteiger partial charge in [-0.15, -0.1) is 0 Å². The van der Waals surface area contributed by atoms with Crippen LogP contribution in [0.3, 0.4) is 0 Å². The Balaban J connectivity index is 1.68. The van der Waals surface area contributed by atoms with Crippen molar-refractivity contribution in [2.24, 2.45) is 5.92 Å². The van der Waals surface area contributed by atoms with Crippen molar-refractivity contribution in [3.05, 3.63) is 71.5 Å². The SMILES string of the molecule is CCCC1CCC(c2ccc(C(F)(F)Oc3ccc(OC=CC(F)F)c(F)c3)c(F)c2)CC1. The number of hydrogen-bond acceptors (Lipinski definition) is 2. The van der Waals surface area contributed by atoms with Crippen LogP contribution in [0.25, 0.3) is 0 Å². The molecule has 2 nitrogen and oxygen atoms in total. The van der Waals surface area contributed by atoms with Crippen molar-refractivity contribution in [1.29, 1.82) is 0 Å². The molecule has 1 aliphatic carbocycles. The van der Waals surface area contributed by atoms with E-state index in [1.165, 1.54) is 12.5 Å². The van der Waals surface area contributed by atoms with Crippen LogP contribution >= 0.6 is 0 Å². The topological polar surface area (TPSA) is 18.5 Å². The summed E-state index contributed by atoms with van der Waals surface area (Å²) in [5, 5.41) is 0. The molecule has 1 aliphatic rings. The number of hydrogen-bond donors (Lipinski definition) is 0. The van der Waals surface area contributed by atoms with Gasteiger partial charge in [0.1, 0.15) is 11.6 Å². The van der Waals surface area contributed by atoms with Gasteiger partial charge in [0.05, 0.1) is 11.8 Å². The highest BCUT2D eigenvalue weighted by Crippen LogP contribution is 2.40. The van der Waals surface area contributed by atoms with E-state index in [1.807, 2.05) is 0 Å². The van der Waals surface area contributed by atoms with Gasteiger partial charge >= 0.3 is 6.11 Å². The van der Waals surface area contributed by atoms with Gasteiger partial charge in [0.2, 0.25) is 0 Å². The quantitative estimate of drug-likeness (QED) is 0.270. The molecular weight excluding hydrogens is 446 g/mol. The van der Waals surface area contributed by atoms with E-state index in [9.17, 15) is 26.3 Å². The third kappa shape index (κ3) is 6.68. The van der Waals surface area contributed by atoms with Gasteiger partial charge in [0.15, 0.2) is 11.6 Å². The Hall–Kier alpha value is -2.64. The van der Waals surface area contributed by atoms with E-state index in [-0.39, 0.29) is 5.92 Å². The first-order valence-corrected chi connectivity index (χ1v) is 11.0. The first-order valence-electron chi connectivity index (χ1n) is 11.0. The Kier molecular flexibility index (Phi) is 8.32. The number of allylic oxidation sites excluding steroid dienone is 1. The maximum atomic E-state index is 14.6. The zero-order chi connectivity index (χ0) is 24.0. The molecule has 0 atom stereocenters. The molecule has 0 N–H and O–H groups in total. The van der Waals surface area contributed by atoms with Crippen molar-refractivity contribution in [3.63, 3.8) is 0 Å². The highest BCUT2D eigenvalue weighted by molar-refractivity contribution is 5.35. The summed E-state index contributed by atoms with van der Waals surface area (Å²) < 4.78 is 91.3. The summed E-state index contributed by atoms with van der Waals surface area (Å²) in [6.07, 6.45) is 0.333. The molecule has 3 rings (SSSR count). The van der Waals surface area contributed by atoms with Gasteiger partial charge in [-0.05, 0) is 67.3 Å². The summed E-state index contributed by atoms with van der Waals surface area (Å²) in [6, 6.07) is 6.17. The van der Waals surface area contributed by atoms with Crippen LogP contribution in [0, 0.1) is 17.6 Å². The molecule has 33 heavy (non-hydrogen) atoms. The molecule has 0 aromatic heterocycles. The van der Waals surface area contributed by atoms with Crippen LogP contribution in [0.15, 0.2) is 48.7 Å². The lowest BCUT2D eigenvalue weighted by atomic mass is 9.77. The van der Waals surface area contributed by atoms with Gasteiger partial charge in [0.25, 0.3) is 6.43 Å². The second-order valence-corrected chi connectivity index (χ2v) is 8.24. The monoisotopic (exact) mass is 472 g/mol. The zero-order valence-electron chi connectivity index (χ0n) is 18.2. The summed E-state index contributed by atoms with van der Waals surface area (Å²) >= 11 is 0. The molecule has 2 aromatic carbocycles. The van der Waals surface area contributed by atoms with Crippen molar-refractivity contribution >= 4 is 0 Å². The fourth-order valence-corrected chi connectivity index (χ4v) is 4.23. The predicted molar refractivity (Wildman–Crippen MR) is 113 cm³/mol. The Morgan fingerprint density at radius 1 is 1.00 bits per heavy atom. The van der Waals surface area contributed by atoms with E-state index in [0.29, 0.717) is 29.9 Å². The molecule has 0 bridgehead atoms. The van der Waals surface area contributed by atoms with Gasteiger partial charge in [-0.3, -0.25) is 0 Å². The van der Waals surface area contributed by atoms with Crippen LogP contribution in [-0.2, 0) is 6.11 Å². The molecule has 0 spiro atoms. The molecule has 0 aliphatic heterocycles. The van der Waals surface area contributed by atoms with Crippen LogP contribution in [0.2, 0.25) is 0 Å². The highest BCUT2D eigenvalue weighted by Gasteiger charge is 2.38. The first-order chi connectivity index (χ1) is 15.7. The van der Waals surface area contributed by atoms with Crippen molar-refractivity contribution in [2.75, 3.05) is 0 Å². The number of alkyl halides is 4. The van der Waals surface area contributed by atoms with E-state index >= 15 is 0 Å². The van der Waals surface area contributed by atoms with Crippen LogP contribution in [0.5, 0.6) is 11.5 Å². The van der Waals surface area contributed by atoms with E-state index in [4.69, 9.17) is 0 Å². The summed E-state index contributed by atoms with van der Waals surface area (Å²) in [5.41, 5.74) is -0.266. The lowest BCUT2D eigenvalue weighted by Gasteiger charge is -2.29. The molecule has 0 amide bonds. The zero-order valence-corrected chi connectivity index (χ0v) is 18.2. The van der Waals surface area contributed by atoms with Crippen LogP contribution in [0.1, 0.15) is 62.5 Å². The number of ether oxygens (including phenoxy) is 2. The first kappa shape index (κ1) is 25.0. The van der Waals surface area contributed by atoms with E-state index in [0.717, 1.165) is 56.4 Å². The summed E-state index contributed by atoms with van der Waals surface area (Å²) in [7, 11) is 0. The fourth-order valence-electron chi connectivity index (χ4n) is 4.23.